The van der Waals surface area contributed by atoms with Gasteiger partial charge in [-0.25, -0.2) is 0 Å². The summed E-state index contributed by atoms with van der Waals surface area (Å²) >= 11 is 0. The minimum Gasteiger partial charge on any atom is -0.381 e. The zero-order valence-electron chi connectivity index (χ0n) is 23.4. The van der Waals surface area contributed by atoms with E-state index >= 15 is 0 Å². The second-order valence-electron chi connectivity index (χ2n) is 12.5. The monoisotopic (exact) mass is 550 g/mol. The third-order valence-corrected chi connectivity index (χ3v) is 9.58. The molecule has 2 aliphatic carbocycles. The molecule has 6 rings (SSSR count). The SMILES string of the molecule is O=C1CCC(N2C(=O)c3cccc(NC4CC(OC5CCN(CC6CCCCCCC6)CC5)C4)c3C2=O)C(=O)N1. The standard InChI is InChI=1S/C31H42N4O5/c36-27-12-11-26(29(37)33-27)35-30(38)24-9-6-10-25(28(24)31(35)39)32-21-17-23(18-21)40-22-13-15-34(16-14-22)19-20-7-4-2-1-3-5-8-20/h6,9-10,20-23,26,32H,1-5,7-8,11-19H2,(H,33,36,37). The molecule has 0 bridgehead atoms. The Balaban J connectivity index is 0.972. The van der Waals surface area contributed by atoms with E-state index in [1.165, 1.54) is 51.5 Å². The quantitative estimate of drug-likeness (QED) is 0.496. The molecule has 0 aromatic heterocycles. The van der Waals surface area contributed by atoms with Crippen molar-refractivity contribution < 1.29 is 23.9 Å². The zero-order valence-corrected chi connectivity index (χ0v) is 23.4. The number of imide groups is 2. The number of hydrogen-bond donors (Lipinski definition) is 2. The fourth-order valence-electron chi connectivity index (χ4n) is 7.24. The molecule has 40 heavy (non-hydrogen) atoms. The van der Waals surface area contributed by atoms with Gasteiger partial charge in [-0.1, -0.05) is 38.2 Å². The predicted molar refractivity (Wildman–Crippen MR) is 150 cm³/mol. The lowest BCUT2D eigenvalue weighted by Gasteiger charge is -2.41. The molecule has 1 atom stereocenters. The molecule has 0 spiro atoms. The summed E-state index contributed by atoms with van der Waals surface area (Å²) in [6, 6.07) is 4.42. The van der Waals surface area contributed by atoms with Crippen molar-refractivity contribution in [2.45, 2.75) is 108 Å². The van der Waals surface area contributed by atoms with Gasteiger partial charge in [-0.3, -0.25) is 29.4 Å². The van der Waals surface area contributed by atoms with E-state index in [4.69, 9.17) is 4.74 Å². The first kappa shape index (κ1) is 27.4. The number of carbonyl (C=O) groups excluding carboxylic acids is 4. The highest BCUT2D eigenvalue weighted by Gasteiger charge is 2.46. The van der Waals surface area contributed by atoms with Crippen LogP contribution in [-0.2, 0) is 14.3 Å². The molecule has 2 saturated heterocycles. The summed E-state index contributed by atoms with van der Waals surface area (Å²) in [6.45, 7) is 3.52. The molecule has 1 aromatic carbocycles. The normalized spacial score (nSPS) is 29.0. The van der Waals surface area contributed by atoms with Gasteiger partial charge in [0.1, 0.15) is 6.04 Å². The molecule has 1 aromatic rings. The van der Waals surface area contributed by atoms with Crippen LogP contribution >= 0.6 is 0 Å². The molecule has 3 heterocycles. The maximum Gasteiger partial charge on any atom is 0.264 e. The maximum absolute atomic E-state index is 13.3. The summed E-state index contributed by atoms with van der Waals surface area (Å²) in [5, 5.41) is 5.70. The van der Waals surface area contributed by atoms with Crippen molar-refractivity contribution in [3.05, 3.63) is 29.3 Å². The fourth-order valence-corrected chi connectivity index (χ4v) is 7.24. The number of benzene rings is 1. The average Bonchev–Trinajstić information content (AvgIpc) is 3.15. The number of nitrogens with zero attached hydrogens (tertiary/aromatic N) is 2. The molecule has 2 N–H and O–H groups in total. The molecule has 5 aliphatic rings. The Bertz CT molecular complexity index is 1130. The molecule has 2 saturated carbocycles. The van der Waals surface area contributed by atoms with Crippen LogP contribution in [0, 0.1) is 5.92 Å². The van der Waals surface area contributed by atoms with Crippen molar-refractivity contribution >= 4 is 29.3 Å². The number of hydrogen-bond acceptors (Lipinski definition) is 7. The van der Waals surface area contributed by atoms with Gasteiger partial charge in [0.05, 0.1) is 23.3 Å². The maximum atomic E-state index is 13.3. The molecule has 9 nitrogen and oxygen atoms in total. The number of anilines is 1. The first-order valence-corrected chi connectivity index (χ1v) is 15.4. The molecular formula is C31H42N4O5. The second kappa shape index (κ2) is 12.0. The summed E-state index contributed by atoms with van der Waals surface area (Å²) in [5.74, 6) is -1.05. The van der Waals surface area contributed by atoms with Gasteiger partial charge in [0.2, 0.25) is 11.8 Å². The number of fused-ring (bicyclic) bond motifs is 1. The van der Waals surface area contributed by atoms with Crippen molar-refractivity contribution in [1.29, 1.82) is 0 Å². The Labute approximate surface area is 236 Å². The smallest absolute Gasteiger partial charge is 0.264 e. The van der Waals surface area contributed by atoms with Crippen molar-refractivity contribution in [2.75, 3.05) is 25.0 Å². The fraction of sp³-hybridized carbons (Fsp3) is 0.677. The van der Waals surface area contributed by atoms with E-state index in [9.17, 15) is 19.2 Å². The largest absolute Gasteiger partial charge is 0.381 e. The highest BCUT2D eigenvalue weighted by molar-refractivity contribution is 6.25. The van der Waals surface area contributed by atoms with Gasteiger partial charge in [-0.05, 0) is 63.0 Å². The molecule has 4 fully saturated rings. The molecule has 9 heteroatoms. The van der Waals surface area contributed by atoms with Crippen LogP contribution in [0.2, 0.25) is 0 Å². The van der Waals surface area contributed by atoms with Gasteiger partial charge in [0.25, 0.3) is 11.8 Å². The van der Waals surface area contributed by atoms with Gasteiger partial charge in [0.15, 0.2) is 0 Å². The number of ether oxygens (including phenoxy) is 1. The second-order valence-corrected chi connectivity index (χ2v) is 12.5. The summed E-state index contributed by atoms with van der Waals surface area (Å²) < 4.78 is 6.45. The Morgan fingerprint density at radius 1 is 0.850 bits per heavy atom. The van der Waals surface area contributed by atoms with E-state index in [1.807, 2.05) is 6.07 Å². The lowest BCUT2D eigenvalue weighted by atomic mass is 9.88. The van der Waals surface area contributed by atoms with E-state index in [0.29, 0.717) is 22.9 Å². The summed E-state index contributed by atoms with van der Waals surface area (Å²) in [6.07, 6.45) is 14.5. The first-order chi connectivity index (χ1) is 19.5. The molecule has 4 amide bonds. The van der Waals surface area contributed by atoms with Gasteiger partial charge in [-0.2, -0.15) is 0 Å². The Kier molecular flexibility index (Phi) is 8.21. The Morgan fingerprint density at radius 3 is 2.30 bits per heavy atom. The molecular weight excluding hydrogens is 508 g/mol. The Morgan fingerprint density at radius 2 is 1.57 bits per heavy atom. The molecule has 1 unspecified atom stereocenters. The van der Waals surface area contributed by atoms with Crippen molar-refractivity contribution in [1.82, 2.24) is 15.1 Å². The highest BCUT2D eigenvalue weighted by Crippen LogP contribution is 2.36. The van der Waals surface area contributed by atoms with Gasteiger partial charge < -0.3 is 15.0 Å². The first-order valence-electron chi connectivity index (χ1n) is 15.4. The van der Waals surface area contributed by atoms with Crippen LogP contribution in [0.25, 0.3) is 0 Å². The number of carbonyl (C=O) groups is 4. The summed E-state index contributed by atoms with van der Waals surface area (Å²) in [7, 11) is 0. The zero-order chi connectivity index (χ0) is 27.6. The van der Waals surface area contributed by atoms with E-state index in [0.717, 1.165) is 49.6 Å². The average molecular weight is 551 g/mol. The van der Waals surface area contributed by atoms with Gasteiger partial charge in [-0.15, -0.1) is 0 Å². The Hall–Kier alpha value is -2.78. The number of piperidine rings is 2. The topological polar surface area (TPSA) is 108 Å². The highest BCUT2D eigenvalue weighted by atomic mass is 16.5. The predicted octanol–water partition coefficient (Wildman–Crippen LogP) is 3.87. The van der Waals surface area contributed by atoms with Crippen LogP contribution < -0.4 is 10.6 Å². The van der Waals surface area contributed by atoms with Crippen LogP contribution in [0.4, 0.5) is 5.69 Å². The van der Waals surface area contributed by atoms with Gasteiger partial charge >= 0.3 is 0 Å². The van der Waals surface area contributed by atoms with Crippen LogP contribution in [0.15, 0.2) is 18.2 Å². The van der Waals surface area contributed by atoms with E-state index in [1.54, 1.807) is 12.1 Å². The van der Waals surface area contributed by atoms with E-state index < -0.39 is 23.8 Å². The van der Waals surface area contributed by atoms with E-state index in [-0.39, 0.29) is 30.9 Å². The van der Waals surface area contributed by atoms with Gasteiger partial charge in [0, 0.05) is 37.8 Å². The minimum absolute atomic E-state index is 0.109. The molecule has 216 valence electrons. The summed E-state index contributed by atoms with van der Waals surface area (Å²) in [5.41, 5.74) is 1.24. The summed E-state index contributed by atoms with van der Waals surface area (Å²) in [4.78, 5) is 54.0. The van der Waals surface area contributed by atoms with Crippen LogP contribution in [0.3, 0.4) is 0 Å². The van der Waals surface area contributed by atoms with Crippen LogP contribution in [0.1, 0.15) is 104 Å². The lowest BCUT2D eigenvalue weighted by Crippen LogP contribution is -2.54. The molecule has 3 aliphatic heterocycles. The number of rotatable bonds is 7. The van der Waals surface area contributed by atoms with Crippen molar-refractivity contribution in [3.8, 4) is 0 Å². The number of likely N-dealkylation sites (tertiary alicyclic amines) is 1. The van der Waals surface area contributed by atoms with E-state index in [2.05, 4.69) is 15.5 Å². The third-order valence-electron chi connectivity index (χ3n) is 9.58. The number of amides is 4. The van der Waals surface area contributed by atoms with Crippen molar-refractivity contribution in [2.24, 2.45) is 5.92 Å². The van der Waals surface area contributed by atoms with Crippen molar-refractivity contribution in [3.63, 3.8) is 0 Å². The van der Waals surface area contributed by atoms with Crippen LogP contribution in [0.5, 0.6) is 0 Å². The van der Waals surface area contributed by atoms with Crippen LogP contribution in [-0.4, -0.2) is 77.4 Å². The number of nitrogens with one attached hydrogen (secondary N) is 2. The molecule has 0 radical (unpaired) electrons. The minimum atomic E-state index is -0.956. The third kappa shape index (κ3) is 5.81. The lowest BCUT2D eigenvalue weighted by molar-refractivity contribution is -0.136.